The van der Waals surface area contributed by atoms with E-state index in [2.05, 4.69) is 9.98 Å². The number of amides is 6. The predicted molar refractivity (Wildman–Crippen MR) is 101 cm³/mol. The zero-order chi connectivity index (χ0) is 21.4. The van der Waals surface area contributed by atoms with Crippen molar-refractivity contribution < 1.29 is 28.3 Å². The van der Waals surface area contributed by atoms with E-state index in [1.807, 2.05) is 0 Å². The van der Waals surface area contributed by atoms with Crippen molar-refractivity contribution in [2.75, 3.05) is 42.3 Å². The highest BCUT2D eigenvalue weighted by molar-refractivity contribution is 6.26. The lowest BCUT2D eigenvalue weighted by atomic mass is 10.2. The number of aliphatic imine (C=N–C) groups is 2. The minimum atomic E-state index is -0.683. The molecule has 2 atom stereocenters. The summed E-state index contributed by atoms with van der Waals surface area (Å²) in [6.45, 7) is 0. The van der Waals surface area contributed by atoms with E-state index in [0.717, 1.165) is 9.80 Å². The predicted octanol–water partition coefficient (Wildman–Crippen LogP) is -1.93. The zero-order valence-electron chi connectivity index (χ0n) is 17.1. The first kappa shape index (κ1) is 18.9. The van der Waals surface area contributed by atoms with Crippen LogP contribution in [0.1, 0.15) is 6.42 Å². The number of carbonyl (C=O) groups excluding carboxylic acids is 4. The Kier molecular flexibility index (Phi) is 3.93. The van der Waals surface area contributed by atoms with Gasteiger partial charge >= 0.3 is 23.7 Å². The van der Waals surface area contributed by atoms with Gasteiger partial charge in [0, 0.05) is 28.2 Å². The van der Waals surface area contributed by atoms with Gasteiger partial charge in [-0.25, -0.2) is 18.7 Å². The van der Waals surface area contributed by atoms with E-state index < -0.39 is 24.1 Å². The van der Waals surface area contributed by atoms with Crippen LogP contribution < -0.4 is 0 Å². The molecule has 0 aromatic carbocycles. The molecule has 2 unspecified atom stereocenters. The van der Waals surface area contributed by atoms with Crippen LogP contribution in [-0.2, 0) is 9.59 Å². The van der Waals surface area contributed by atoms with Gasteiger partial charge in [0.1, 0.15) is 0 Å². The fraction of sp³-hybridized carbons (Fsp3) is 0.529. The number of hydrogen-bond donors (Lipinski definition) is 0. The minimum Gasteiger partial charge on any atom is -0.269 e. The number of urea groups is 2. The number of fused-ring (bicyclic) bond motifs is 2. The molecule has 0 spiro atoms. The van der Waals surface area contributed by atoms with Gasteiger partial charge in [-0.15, -0.1) is 0 Å². The van der Waals surface area contributed by atoms with Gasteiger partial charge in [-0.1, -0.05) is 0 Å². The first-order chi connectivity index (χ1) is 13.6. The number of imide groups is 2. The lowest BCUT2D eigenvalue weighted by molar-refractivity contribution is -0.511. The average Bonchev–Trinajstić information content (AvgIpc) is 3.19. The summed E-state index contributed by atoms with van der Waals surface area (Å²) in [5.74, 6) is 1.13. The van der Waals surface area contributed by atoms with Crippen molar-refractivity contribution in [3.8, 4) is 0 Å². The normalized spacial score (nSPS) is 27.2. The summed E-state index contributed by atoms with van der Waals surface area (Å²) in [5.41, 5.74) is 0. The summed E-state index contributed by atoms with van der Waals surface area (Å²) < 4.78 is 3.42. The second kappa shape index (κ2) is 6.03. The standard InChI is InChI=1S/C17H22N8O4/c1-20-8(18-12-10(20)14(26)24(5)16(28)22(12)3)7-9-19-13-11(21(9)2)15(27)25(6)17(29)23(13)4/h10-11H,7H2,1-6H3/q+2. The second-order valence-corrected chi connectivity index (χ2v) is 7.45. The Labute approximate surface area is 166 Å². The van der Waals surface area contributed by atoms with Gasteiger partial charge in [0.25, 0.3) is 35.6 Å². The molecule has 0 radical (unpaired) electrons. The van der Waals surface area contributed by atoms with Gasteiger partial charge in [0.05, 0.1) is 14.1 Å². The molecule has 4 rings (SSSR count). The number of rotatable bonds is 2. The monoisotopic (exact) mass is 402 g/mol. The molecule has 0 bridgehead atoms. The molecule has 0 aromatic rings. The Balaban J connectivity index is 1.70. The van der Waals surface area contributed by atoms with Crippen LogP contribution >= 0.6 is 0 Å². The molecule has 4 aliphatic rings. The second-order valence-electron chi connectivity index (χ2n) is 7.45. The highest BCUT2D eigenvalue weighted by Crippen LogP contribution is 2.22. The summed E-state index contributed by atoms with van der Waals surface area (Å²) in [4.78, 5) is 63.5. The van der Waals surface area contributed by atoms with Gasteiger partial charge in [0.15, 0.2) is 6.42 Å². The van der Waals surface area contributed by atoms with Gasteiger partial charge in [-0.2, -0.15) is 0 Å². The van der Waals surface area contributed by atoms with Crippen molar-refractivity contribution in [3.63, 3.8) is 0 Å². The van der Waals surface area contributed by atoms with Crippen molar-refractivity contribution in [1.82, 2.24) is 19.6 Å². The fourth-order valence-electron chi connectivity index (χ4n) is 3.93. The fourth-order valence-corrected chi connectivity index (χ4v) is 3.93. The topological polar surface area (TPSA) is 112 Å². The van der Waals surface area contributed by atoms with E-state index in [1.165, 1.54) is 23.9 Å². The molecule has 12 heteroatoms. The Bertz CT molecular complexity index is 942. The van der Waals surface area contributed by atoms with Crippen LogP contribution in [0.25, 0.3) is 0 Å². The van der Waals surface area contributed by atoms with Crippen LogP contribution in [0, 0.1) is 0 Å². The molecule has 2 saturated heterocycles. The van der Waals surface area contributed by atoms with E-state index in [1.54, 1.807) is 37.3 Å². The van der Waals surface area contributed by atoms with Gasteiger partial charge < -0.3 is 0 Å². The van der Waals surface area contributed by atoms with E-state index in [0.29, 0.717) is 23.3 Å². The SMILES string of the molecule is CN1C(=O)C2C(=NC(CC3=[N+](C)C4C(=O)N(C)C(=O)N(C)C4=N3)=[N+]2C)N(C)C1=O. The van der Waals surface area contributed by atoms with Crippen molar-refractivity contribution in [1.29, 1.82) is 0 Å². The van der Waals surface area contributed by atoms with Crippen LogP contribution in [0.2, 0.25) is 0 Å². The Hall–Kier alpha value is -3.44. The van der Waals surface area contributed by atoms with Crippen molar-refractivity contribution in [2.24, 2.45) is 9.98 Å². The van der Waals surface area contributed by atoms with Crippen LogP contribution in [0.3, 0.4) is 0 Å². The molecule has 12 nitrogen and oxygen atoms in total. The third-order valence-corrected chi connectivity index (χ3v) is 5.85. The molecule has 6 amide bonds. The molecule has 0 aromatic heterocycles. The third-order valence-electron chi connectivity index (χ3n) is 5.85. The summed E-state index contributed by atoms with van der Waals surface area (Å²) >= 11 is 0. The number of nitrogens with zero attached hydrogens (tertiary/aromatic N) is 8. The molecule has 4 aliphatic heterocycles. The maximum atomic E-state index is 12.6. The maximum absolute atomic E-state index is 12.6. The Morgan fingerprint density at radius 1 is 0.690 bits per heavy atom. The third kappa shape index (κ3) is 2.37. The lowest BCUT2D eigenvalue weighted by Crippen LogP contribution is -2.61. The number of carbonyl (C=O) groups is 4. The highest BCUT2D eigenvalue weighted by atomic mass is 16.2. The first-order valence-corrected chi connectivity index (χ1v) is 9.01. The van der Waals surface area contributed by atoms with Crippen LogP contribution in [0.15, 0.2) is 9.98 Å². The summed E-state index contributed by atoms with van der Waals surface area (Å²) in [7, 11) is 9.50. The number of amidine groups is 4. The summed E-state index contributed by atoms with van der Waals surface area (Å²) in [6, 6.07) is -2.25. The van der Waals surface area contributed by atoms with Crippen molar-refractivity contribution in [2.45, 2.75) is 18.5 Å². The maximum Gasteiger partial charge on any atom is 0.333 e. The van der Waals surface area contributed by atoms with Crippen molar-refractivity contribution >= 4 is 47.2 Å². The molecule has 4 heterocycles. The van der Waals surface area contributed by atoms with Gasteiger partial charge in [-0.05, 0) is 9.98 Å². The van der Waals surface area contributed by atoms with E-state index >= 15 is 0 Å². The van der Waals surface area contributed by atoms with Gasteiger partial charge in [0.2, 0.25) is 0 Å². The molecule has 29 heavy (non-hydrogen) atoms. The smallest absolute Gasteiger partial charge is 0.269 e. The summed E-state index contributed by atoms with van der Waals surface area (Å²) in [6.07, 6.45) is 0.241. The average molecular weight is 402 g/mol. The molecule has 152 valence electrons. The Morgan fingerprint density at radius 2 is 1.03 bits per heavy atom. The summed E-state index contributed by atoms with van der Waals surface area (Å²) in [5, 5.41) is 0. The molecule has 0 N–H and O–H groups in total. The van der Waals surface area contributed by atoms with E-state index in [4.69, 9.17) is 0 Å². The largest absolute Gasteiger partial charge is 0.333 e. The van der Waals surface area contributed by atoms with Gasteiger partial charge in [-0.3, -0.25) is 29.2 Å². The minimum absolute atomic E-state index is 0.241. The van der Waals surface area contributed by atoms with E-state index in [-0.39, 0.29) is 18.2 Å². The molecular formula is C17H22N8O4+2. The zero-order valence-corrected chi connectivity index (χ0v) is 17.1. The molecular weight excluding hydrogens is 380 g/mol. The lowest BCUT2D eigenvalue weighted by Gasteiger charge is -2.30. The molecule has 0 saturated carbocycles. The quantitative estimate of drug-likeness (QED) is 0.501. The van der Waals surface area contributed by atoms with Crippen molar-refractivity contribution in [3.05, 3.63) is 0 Å². The first-order valence-electron chi connectivity index (χ1n) is 9.01. The Morgan fingerprint density at radius 3 is 1.38 bits per heavy atom. The molecule has 0 aliphatic carbocycles. The number of hydrogen-bond acceptors (Lipinski definition) is 6. The highest BCUT2D eigenvalue weighted by Gasteiger charge is 2.55. The van der Waals surface area contributed by atoms with Crippen LogP contribution in [0.5, 0.6) is 0 Å². The number of likely N-dealkylation sites (N-methyl/N-ethyl adjacent to an activating group) is 6. The van der Waals surface area contributed by atoms with Crippen LogP contribution in [-0.4, -0.2) is 130 Å². The molecule has 2 fully saturated rings. The van der Waals surface area contributed by atoms with Crippen LogP contribution in [0.4, 0.5) is 9.59 Å². The van der Waals surface area contributed by atoms with E-state index in [9.17, 15) is 19.2 Å².